The lowest BCUT2D eigenvalue weighted by molar-refractivity contribution is -0.117. The maximum Gasteiger partial charge on any atom is 0.238 e. The molecule has 1 aliphatic heterocycles. The molecule has 2 N–H and O–H groups in total. The van der Waals surface area contributed by atoms with Crippen molar-refractivity contribution in [2.75, 3.05) is 37.8 Å². The Hall–Kier alpha value is -1.30. The summed E-state index contributed by atoms with van der Waals surface area (Å²) in [5.41, 5.74) is 0.890. The molecule has 0 radical (unpaired) electrons. The number of hydrogen-bond donors (Lipinski definition) is 2. The molecule has 0 aliphatic carbocycles. The zero-order valence-electron chi connectivity index (χ0n) is 13.2. The van der Waals surface area contributed by atoms with Crippen molar-refractivity contribution in [3.63, 3.8) is 0 Å². The molecule has 0 spiro atoms. The second-order valence-electron chi connectivity index (χ2n) is 5.51. The number of carbonyl (C=O) groups is 1. The highest BCUT2D eigenvalue weighted by molar-refractivity contribution is 7.99. The molecule has 5 heteroatoms. The number of benzene rings is 1. The minimum atomic E-state index is 0.0587. The van der Waals surface area contributed by atoms with E-state index < -0.39 is 0 Å². The van der Waals surface area contributed by atoms with Gasteiger partial charge in [0, 0.05) is 23.2 Å². The maximum absolute atomic E-state index is 12.3. The van der Waals surface area contributed by atoms with Crippen LogP contribution in [0, 0.1) is 0 Å². The summed E-state index contributed by atoms with van der Waals surface area (Å²) in [7, 11) is 1.99. The van der Waals surface area contributed by atoms with Crippen molar-refractivity contribution >= 4 is 23.4 Å². The molecule has 0 aromatic heterocycles. The van der Waals surface area contributed by atoms with E-state index in [1.165, 1.54) is 6.42 Å². The fraction of sp³-hybridized carbons (Fsp3) is 0.471. The largest absolute Gasteiger partial charge is 0.324 e. The van der Waals surface area contributed by atoms with Gasteiger partial charge in [-0.25, -0.2) is 0 Å². The predicted molar refractivity (Wildman–Crippen MR) is 94.5 cm³/mol. The van der Waals surface area contributed by atoms with Crippen molar-refractivity contribution in [2.45, 2.75) is 23.8 Å². The zero-order valence-corrected chi connectivity index (χ0v) is 14.0. The van der Waals surface area contributed by atoms with E-state index in [2.05, 4.69) is 22.1 Å². The molecule has 2 rings (SSSR count). The third kappa shape index (κ3) is 5.16. The van der Waals surface area contributed by atoms with Gasteiger partial charge < -0.3 is 10.6 Å². The number of anilines is 1. The summed E-state index contributed by atoms with van der Waals surface area (Å²) in [6.45, 7) is 6.13. The molecule has 0 saturated carbocycles. The van der Waals surface area contributed by atoms with Crippen molar-refractivity contribution in [2.24, 2.45) is 0 Å². The van der Waals surface area contributed by atoms with Crippen molar-refractivity contribution in [1.82, 2.24) is 10.2 Å². The van der Waals surface area contributed by atoms with Crippen LogP contribution in [0.2, 0.25) is 0 Å². The first-order chi connectivity index (χ1) is 10.7. The van der Waals surface area contributed by atoms with Crippen LogP contribution in [-0.4, -0.2) is 49.3 Å². The number of amides is 1. The Balaban J connectivity index is 1.90. The van der Waals surface area contributed by atoms with Crippen molar-refractivity contribution in [3.05, 3.63) is 36.9 Å². The highest BCUT2D eigenvalue weighted by Gasteiger charge is 2.20. The lowest BCUT2D eigenvalue weighted by Crippen LogP contribution is -2.46. The smallest absolute Gasteiger partial charge is 0.238 e. The SMILES string of the molecule is C=CCSc1ccccc1NC(=O)CN1CCCC(NC)C1. The number of rotatable bonds is 7. The van der Waals surface area contributed by atoms with Crippen LogP contribution in [0.4, 0.5) is 5.69 Å². The Morgan fingerprint density at radius 3 is 3.09 bits per heavy atom. The molecule has 1 atom stereocenters. The molecule has 22 heavy (non-hydrogen) atoms. The predicted octanol–water partition coefficient (Wildman–Crippen LogP) is 2.59. The molecule has 1 aromatic rings. The molecule has 1 aliphatic rings. The number of thioether (sulfide) groups is 1. The van der Waals surface area contributed by atoms with Crippen LogP contribution in [0.15, 0.2) is 41.8 Å². The summed E-state index contributed by atoms with van der Waals surface area (Å²) >= 11 is 1.68. The van der Waals surface area contributed by atoms with E-state index in [1.807, 2.05) is 37.4 Å². The Morgan fingerprint density at radius 2 is 2.32 bits per heavy atom. The average molecular weight is 319 g/mol. The first kappa shape index (κ1) is 17.1. The Bertz CT molecular complexity index is 506. The molecule has 1 heterocycles. The standard InChI is InChI=1S/C17H25N3OS/c1-3-11-22-16-9-5-4-8-15(16)19-17(21)13-20-10-6-7-14(12-20)18-2/h3-5,8-9,14,18H,1,6-7,10-13H2,2H3,(H,19,21). The zero-order chi connectivity index (χ0) is 15.8. The van der Waals surface area contributed by atoms with Crippen molar-refractivity contribution < 1.29 is 4.79 Å². The third-order valence-electron chi connectivity index (χ3n) is 3.80. The quantitative estimate of drug-likeness (QED) is 0.599. The molecular weight excluding hydrogens is 294 g/mol. The number of carbonyl (C=O) groups excluding carboxylic acids is 1. The van der Waals surface area contributed by atoms with E-state index >= 15 is 0 Å². The number of nitrogens with one attached hydrogen (secondary N) is 2. The first-order valence-corrected chi connectivity index (χ1v) is 8.73. The topological polar surface area (TPSA) is 44.4 Å². The molecule has 1 unspecified atom stereocenters. The van der Waals surface area contributed by atoms with Crippen molar-refractivity contribution in [1.29, 1.82) is 0 Å². The van der Waals surface area contributed by atoms with Gasteiger partial charge in [-0.1, -0.05) is 18.2 Å². The fourth-order valence-electron chi connectivity index (χ4n) is 2.67. The number of piperidine rings is 1. The lowest BCUT2D eigenvalue weighted by atomic mass is 10.1. The van der Waals surface area contributed by atoms with Crippen molar-refractivity contribution in [3.8, 4) is 0 Å². The van der Waals surface area contributed by atoms with Gasteiger partial charge in [-0.2, -0.15) is 0 Å². The Labute approximate surface area is 137 Å². The molecule has 1 fully saturated rings. The summed E-state index contributed by atoms with van der Waals surface area (Å²) in [5, 5.41) is 6.35. The Kier molecular flexibility index (Phi) is 6.96. The van der Waals surface area contributed by atoms with E-state index in [-0.39, 0.29) is 5.91 Å². The van der Waals surface area contributed by atoms with Crippen LogP contribution in [-0.2, 0) is 4.79 Å². The summed E-state index contributed by atoms with van der Waals surface area (Å²) in [6.07, 6.45) is 4.20. The summed E-state index contributed by atoms with van der Waals surface area (Å²) < 4.78 is 0. The molecule has 1 saturated heterocycles. The lowest BCUT2D eigenvalue weighted by Gasteiger charge is -2.31. The van der Waals surface area contributed by atoms with E-state index in [0.29, 0.717) is 12.6 Å². The molecule has 120 valence electrons. The van der Waals surface area contributed by atoms with E-state index in [1.54, 1.807) is 11.8 Å². The number of likely N-dealkylation sites (N-methyl/N-ethyl adjacent to an activating group) is 1. The van der Waals surface area contributed by atoms with Crippen LogP contribution in [0.3, 0.4) is 0 Å². The second kappa shape index (κ2) is 8.98. The normalized spacial score (nSPS) is 18.9. The van der Waals surface area contributed by atoms with Gasteiger partial charge in [-0.15, -0.1) is 18.3 Å². The van der Waals surface area contributed by atoms with Crippen LogP contribution < -0.4 is 10.6 Å². The van der Waals surface area contributed by atoms with Gasteiger partial charge in [0.25, 0.3) is 0 Å². The number of hydrogen-bond acceptors (Lipinski definition) is 4. The average Bonchev–Trinajstić information content (AvgIpc) is 2.54. The van der Waals surface area contributed by atoms with E-state index in [4.69, 9.17) is 0 Å². The summed E-state index contributed by atoms with van der Waals surface area (Å²) in [5.74, 6) is 0.895. The van der Waals surface area contributed by atoms with E-state index in [0.717, 1.165) is 35.8 Å². The molecule has 1 amide bonds. The van der Waals surface area contributed by atoms with Gasteiger partial charge in [0.15, 0.2) is 0 Å². The van der Waals surface area contributed by atoms with Gasteiger partial charge >= 0.3 is 0 Å². The van der Waals surface area contributed by atoms with Gasteiger partial charge in [0.2, 0.25) is 5.91 Å². The number of para-hydroxylation sites is 1. The number of likely N-dealkylation sites (tertiary alicyclic amines) is 1. The van der Waals surface area contributed by atoms with E-state index in [9.17, 15) is 4.79 Å². The van der Waals surface area contributed by atoms with Crippen LogP contribution in [0.25, 0.3) is 0 Å². The Morgan fingerprint density at radius 1 is 1.50 bits per heavy atom. The highest BCUT2D eigenvalue weighted by atomic mass is 32.2. The van der Waals surface area contributed by atoms with Gasteiger partial charge in [-0.05, 0) is 38.6 Å². The summed E-state index contributed by atoms with van der Waals surface area (Å²) in [6, 6.07) is 8.42. The molecule has 4 nitrogen and oxygen atoms in total. The summed E-state index contributed by atoms with van der Waals surface area (Å²) in [4.78, 5) is 15.6. The third-order valence-corrected chi connectivity index (χ3v) is 4.87. The maximum atomic E-state index is 12.3. The second-order valence-corrected chi connectivity index (χ2v) is 6.57. The van der Waals surface area contributed by atoms with Gasteiger partial charge in [0.1, 0.15) is 0 Å². The first-order valence-electron chi connectivity index (χ1n) is 7.75. The highest BCUT2D eigenvalue weighted by Crippen LogP contribution is 2.26. The fourth-order valence-corrected chi connectivity index (χ4v) is 3.42. The monoisotopic (exact) mass is 319 g/mol. The molecule has 1 aromatic carbocycles. The van der Waals surface area contributed by atoms with Gasteiger partial charge in [-0.3, -0.25) is 9.69 Å². The minimum Gasteiger partial charge on any atom is -0.324 e. The molecule has 0 bridgehead atoms. The van der Waals surface area contributed by atoms with Gasteiger partial charge in [0.05, 0.1) is 12.2 Å². The molecular formula is C17H25N3OS. The van der Waals surface area contributed by atoms with Crippen LogP contribution in [0.5, 0.6) is 0 Å². The minimum absolute atomic E-state index is 0.0587. The number of nitrogens with zero attached hydrogens (tertiary/aromatic N) is 1. The van der Waals surface area contributed by atoms with Crippen LogP contribution in [0.1, 0.15) is 12.8 Å². The van der Waals surface area contributed by atoms with Crippen LogP contribution >= 0.6 is 11.8 Å².